The number of benzene rings is 3. The van der Waals surface area contributed by atoms with E-state index in [0.29, 0.717) is 0 Å². The monoisotopic (exact) mass is 322 g/mol. The van der Waals surface area contributed by atoms with E-state index in [-0.39, 0.29) is 0 Å². The van der Waals surface area contributed by atoms with E-state index in [4.69, 9.17) is 11.1 Å². The van der Waals surface area contributed by atoms with Crippen LogP contribution in [0.5, 0.6) is 0 Å². The average molecular weight is 323 g/mol. The lowest BCUT2D eigenvalue weighted by Gasteiger charge is -2.29. The summed E-state index contributed by atoms with van der Waals surface area (Å²) in [6, 6.07) is 27.6. The van der Waals surface area contributed by atoms with E-state index < -0.39 is 7.38 Å². The summed E-state index contributed by atoms with van der Waals surface area (Å²) in [4.78, 5) is 0. The van der Waals surface area contributed by atoms with E-state index in [1.165, 1.54) is 26.7 Å². The standard InChI is InChI=1S/C20H19ClSi/c1-16-10-6-8-14-19(16)22(21,18-12-4-3-5-13-18)20-15-9-7-11-17(20)2/h3-15H,1-2H3. The summed E-state index contributed by atoms with van der Waals surface area (Å²) in [5.74, 6) is 0. The molecule has 0 aliphatic carbocycles. The van der Waals surface area contributed by atoms with Crippen LogP contribution in [-0.2, 0) is 0 Å². The molecule has 0 nitrogen and oxygen atoms in total. The molecule has 0 N–H and O–H groups in total. The van der Waals surface area contributed by atoms with Gasteiger partial charge in [-0.1, -0.05) is 78.9 Å². The Morgan fingerprint density at radius 1 is 0.591 bits per heavy atom. The summed E-state index contributed by atoms with van der Waals surface area (Å²) in [6.07, 6.45) is 0. The third kappa shape index (κ3) is 2.51. The van der Waals surface area contributed by atoms with Crippen molar-refractivity contribution in [1.29, 1.82) is 0 Å². The van der Waals surface area contributed by atoms with Gasteiger partial charge in [0.15, 0.2) is 0 Å². The number of halogens is 1. The lowest BCUT2D eigenvalue weighted by molar-refractivity contribution is 1.49. The molecule has 3 aromatic rings. The molecule has 110 valence electrons. The van der Waals surface area contributed by atoms with Crippen molar-refractivity contribution in [3.63, 3.8) is 0 Å². The molecule has 0 bridgehead atoms. The molecule has 2 heteroatoms. The average Bonchev–Trinajstić information content (AvgIpc) is 2.56. The first-order chi connectivity index (χ1) is 10.6. The van der Waals surface area contributed by atoms with Gasteiger partial charge >= 0.3 is 0 Å². The van der Waals surface area contributed by atoms with Crippen LogP contribution in [0.3, 0.4) is 0 Å². The normalized spacial score (nSPS) is 11.4. The van der Waals surface area contributed by atoms with Crippen molar-refractivity contribution >= 4 is 34.0 Å². The van der Waals surface area contributed by atoms with Crippen LogP contribution in [0.4, 0.5) is 0 Å². The predicted molar refractivity (Wildman–Crippen MR) is 99.3 cm³/mol. The Morgan fingerprint density at radius 2 is 1.00 bits per heavy atom. The summed E-state index contributed by atoms with van der Waals surface area (Å²) < 4.78 is 0. The number of hydrogen-bond donors (Lipinski definition) is 0. The molecular weight excluding hydrogens is 304 g/mol. The summed E-state index contributed by atoms with van der Waals surface area (Å²) in [5, 5.41) is 3.79. The molecule has 0 atom stereocenters. The van der Waals surface area contributed by atoms with Crippen LogP contribution in [0.15, 0.2) is 78.9 Å². The molecule has 3 rings (SSSR count). The van der Waals surface area contributed by atoms with Crippen molar-refractivity contribution in [1.82, 2.24) is 0 Å². The van der Waals surface area contributed by atoms with Gasteiger partial charge in [0.1, 0.15) is 0 Å². The zero-order valence-electron chi connectivity index (χ0n) is 12.9. The molecular formula is C20H19ClSi. The fourth-order valence-electron chi connectivity index (χ4n) is 3.04. The first kappa shape index (κ1) is 15.1. The van der Waals surface area contributed by atoms with Gasteiger partial charge in [0, 0.05) is 0 Å². The summed E-state index contributed by atoms with van der Waals surface area (Å²) >= 11 is 7.46. The first-order valence-electron chi connectivity index (χ1n) is 7.50. The maximum Gasteiger partial charge on any atom is 0.248 e. The molecule has 0 saturated carbocycles. The van der Waals surface area contributed by atoms with Crippen molar-refractivity contribution < 1.29 is 0 Å². The molecule has 0 spiro atoms. The summed E-state index contributed by atoms with van der Waals surface area (Å²) in [7, 11) is -2.49. The highest BCUT2D eigenvalue weighted by Crippen LogP contribution is 2.15. The Labute approximate surface area is 138 Å². The van der Waals surface area contributed by atoms with Crippen LogP contribution >= 0.6 is 11.1 Å². The van der Waals surface area contributed by atoms with E-state index in [9.17, 15) is 0 Å². The second kappa shape index (κ2) is 6.11. The molecule has 0 heterocycles. The van der Waals surface area contributed by atoms with Gasteiger partial charge in [-0.05, 0) is 40.5 Å². The predicted octanol–water partition coefficient (Wildman–Crippen LogP) is 3.51. The fraction of sp³-hybridized carbons (Fsp3) is 0.100. The first-order valence-corrected chi connectivity index (χ1v) is 10.5. The van der Waals surface area contributed by atoms with Gasteiger partial charge in [0.05, 0.1) is 0 Å². The van der Waals surface area contributed by atoms with Crippen LogP contribution < -0.4 is 15.6 Å². The number of aryl methyl sites for hydroxylation is 2. The van der Waals surface area contributed by atoms with E-state index in [1.807, 2.05) is 6.07 Å². The number of hydrogen-bond acceptors (Lipinski definition) is 0. The zero-order chi connectivity index (χ0) is 15.6. The second-order valence-electron chi connectivity index (χ2n) is 5.65. The van der Waals surface area contributed by atoms with Crippen LogP contribution in [0.2, 0.25) is 0 Å². The van der Waals surface area contributed by atoms with Crippen LogP contribution in [0, 0.1) is 13.8 Å². The van der Waals surface area contributed by atoms with E-state index in [2.05, 4.69) is 86.6 Å². The van der Waals surface area contributed by atoms with Gasteiger partial charge < -0.3 is 0 Å². The number of rotatable bonds is 3. The third-order valence-corrected chi connectivity index (χ3v) is 9.82. The largest absolute Gasteiger partial charge is 0.248 e. The molecule has 0 aromatic heterocycles. The fourth-order valence-corrected chi connectivity index (χ4v) is 8.16. The smallest absolute Gasteiger partial charge is 0.149 e. The van der Waals surface area contributed by atoms with E-state index in [1.54, 1.807) is 0 Å². The van der Waals surface area contributed by atoms with Crippen molar-refractivity contribution in [2.75, 3.05) is 0 Å². The minimum absolute atomic E-state index is 1.24. The maximum atomic E-state index is 7.46. The van der Waals surface area contributed by atoms with Crippen LogP contribution in [0.1, 0.15) is 11.1 Å². The molecule has 0 fully saturated rings. The summed E-state index contributed by atoms with van der Waals surface area (Å²) in [5.41, 5.74) is 2.52. The second-order valence-corrected chi connectivity index (χ2v) is 10.3. The Hall–Kier alpha value is -1.83. The topological polar surface area (TPSA) is 0 Å². The molecule has 0 amide bonds. The van der Waals surface area contributed by atoms with E-state index >= 15 is 0 Å². The Bertz CT molecular complexity index is 735. The molecule has 0 unspecified atom stereocenters. The van der Waals surface area contributed by atoms with Gasteiger partial charge in [-0.25, -0.2) is 0 Å². The van der Waals surface area contributed by atoms with Gasteiger partial charge in [0.2, 0.25) is 7.38 Å². The van der Waals surface area contributed by atoms with Gasteiger partial charge in [-0.2, -0.15) is 0 Å². The van der Waals surface area contributed by atoms with E-state index in [0.717, 1.165) is 0 Å². The van der Waals surface area contributed by atoms with Gasteiger partial charge in [-0.3, -0.25) is 0 Å². The van der Waals surface area contributed by atoms with Crippen LogP contribution in [0.25, 0.3) is 0 Å². The molecule has 0 aliphatic rings. The minimum atomic E-state index is -2.49. The minimum Gasteiger partial charge on any atom is -0.149 e. The lowest BCUT2D eigenvalue weighted by Crippen LogP contribution is -2.64. The van der Waals surface area contributed by atoms with Crippen molar-refractivity contribution in [3.8, 4) is 0 Å². The third-order valence-electron chi connectivity index (χ3n) is 4.20. The Balaban J connectivity index is 2.33. The molecule has 0 saturated heterocycles. The van der Waals surface area contributed by atoms with Gasteiger partial charge in [0.25, 0.3) is 0 Å². The zero-order valence-corrected chi connectivity index (χ0v) is 14.6. The van der Waals surface area contributed by atoms with Crippen molar-refractivity contribution in [2.45, 2.75) is 13.8 Å². The Morgan fingerprint density at radius 3 is 1.45 bits per heavy atom. The lowest BCUT2D eigenvalue weighted by atomic mass is 10.2. The highest BCUT2D eigenvalue weighted by molar-refractivity contribution is 7.40. The highest BCUT2D eigenvalue weighted by Gasteiger charge is 2.39. The molecule has 0 aliphatic heterocycles. The highest BCUT2D eigenvalue weighted by atomic mass is 35.6. The molecule has 0 radical (unpaired) electrons. The van der Waals surface area contributed by atoms with Crippen molar-refractivity contribution in [2.24, 2.45) is 0 Å². The van der Waals surface area contributed by atoms with Gasteiger partial charge in [-0.15, -0.1) is 11.1 Å². The van der Waals surface area contributed by atoms with Crippen molar-refractivity contribution in [3.05, 3.63) is 90.0 Å². The summed E-state index contributed by atoms with van der Waals surface area (Å²) in [6.45, 7) is 4.31. The Kier molecular flexibility index (Phi) is 4.19. The molecule has 22 heavy (non-hydrogen) atoms. The SMILES string of the molecule is Cc1ccccc1[Si](Cl)(c1ccccc1)c1ccccc1C. The van der Waals surface area contributed by atoms with Crippen LogP contribution in [-0.4, -0.2) is 7.38 Å². The maximum absolute atomic E-state index is 7.46. The quantitative estimate of drug-likeness (QED) is 0.393. The molecule has 3 aromatic carbocycles.